The molecule has 1 aliphatic heterocycles. The Hall–Kier alpha value is -3.06. The largest absolute Gasteiger partial charge is 0.369 e. The highest BCUT2D eigenvalue weighted by Crippen LogP contribution is 2.29. The molecule has 1 heterocycles. The van der Waals surface area contributed by atoms with Gasteiger partial charge in [0.25, 0.3) is 0 Å². The molecule has 0 unspecified atom stereocenters. The molecule has 29 heavy (non-hydrogen) atoms. The molecule has 150 valence electrons. The smallest absolute Gasteiger partial charge is 0.113 e. The third kappa shape index (κ3) is 5.96. The average Bonchev–Trinajstić information content (AvgIpc) is 3.11. The highest BCUT2D eigenvalue weighted by Gasteiger charge is 2.45. The van der Waals surface area contributed by atoms with E-state index in [1.807, 2.05) is 60.7 Å². The van der Waals surface area contributed by atoms with Gasteiger partial charge in [0.2, 0.25) is 0 Å². The molecule has 4 atom stereocenters. The van der Waals surface area contributed by atoms with Crippen molar-refractivity contribution in [1.82, 2.24) is 0 Å². The van der Waals surface area contributed by atoms with E-state index in [0.717, 1.165) is 11.1 Å². The maximum atomic E-state index is 8.71. The molecule has 9 heteroatoms. The van der Waals surface area contributed by atoms with Gasteiger partial charge in [-0.1, -0.05) is 70.9 Å². The van der Waals surface area contributed by atoms with Crippen LogP contribution in [0.4, 0.5) is 0 Å². The molecule has 1 aliphatic rings. The number of hydrogen-bond acceptors (Lipinski definition) is 5. The molecule has 0 amide bonds. The lowest BCUT2D eigenvalue weighted by molar-refractivity contribution is -0.0772. The predicted octanol–water partition coefficient (Wildman–Crippen LogP) is 4.55. The molecule has 2 aromatic carbocycles. The Morgan fingerprint density at radius 1 is 0.724 bits per heavy atom. The van der Waals surface area contributed by atoms with Crippen LogP contribution in [0.2, 0.25) is 0 Å². The Kier molecular flexibility index (Phi) is 7.89. The predicted molar refractivity (Wildman–Crippen MR) is 107 cm³/mol. The number of ether oxygens (including phenoxy) is 3. The molecule has 0 aliphatic carbocycles. The Bertz CT molecular complexity index is 782. The SMILES string of the molecule is [N-]=[N+]=NC[C@@H]1O[C@@H](CN=[N+]=[N-])[C@@H](OCc2ccccc2)[C@@H]1OCc1ccccc1. The maximum Gasteiger partial charge on any atom is 0.113 e. The van der Waals surface area contributed by atoms with Gasteiger partial charge in [0.05, 0.1) is 38.5 Å². The minimum absolute atomic E-state index is 0.105. The first-order chi connectivity index (χ1) is 14.3. The van der Waals surface area contributed by atoms with E-state index >= 15 is 0 Å². The molecule has 0 radical (unpaired) electrons. The van der Waals surface area contributed by atoms with Crippen molar-refractivity contribution in [2.45, 2.75) is 37.6 Å². The summed E-state index contributed by atoms with van der Waals surface area (Å²) in [5.41, 5.74) is 19.4. The Morgan fingerprint density at radius 2 is 1.14 bits per heavy atom. The molecule has 0 saturated carbocycles. The lowest BCUT2D eigenvalue weighted by Crippen LogP contribution is -2.39. The number of azide groups is 2. The summed E-state index contributed by atoms with van der Waals surface area (Å²) >= 11 is 0. The number of rotatable bonds is 10. The van der Waals surface area contributed by atoms with Crippen molar-refractivity contribution in [1.29, 1.82) is 0 Å². The number of nitrogens with zero attached hydrogens (tertiary/aromatic N) is 6. The first-order valence-electron chi connectivity index (χ1n) is 9.30. The van der Waals surface area contributed by atoms with Crippen LogP contribution in [0.5, 0.6) is 0 Å². The molecule has 2 aromatic rings. The summed E-state index contributed by atoms with van der Waals surface area (Å²) < 4.78 is 18.3. The van der Waals surface area contributed by atoms with Crippen LogP contribution >= 0.6 is 0 Å². The van der Waals surface area contributed by atoms with Crippen LogP contribution in [0, 0.1) is 0 Å². The molecule has 3 rings (SSSR count). The van der Waals surface area contributed by atoms with E-state index in [4.69, 9.17) is 25.3 Å². The second-order valence-corrected chi connectivity index (χ2v) is 6.56. The van der Waals surface area contributed by atoms with Gasteiger partial charge in [-0.3, -0.25) is 0 Å². The summed E-state index contributed by atoms with van der Waals surface area (Å²) in [6.45, 7) is 0.935. The van der Waals surface area contributed by atoms with E-state index in [1.165, 1.54) is 0 Å². The minimum atomic E-state index is -0.491. The van der Waals surface area contributed by atoms with E-state index in [2.05, 4.69) is 20.1 Å². The van der Waals surface area contributed by atoms with Crippen LogP contribution in [0.15, 0.2) is 70.9 Å². The lowest BCUT2D eigenvalue weighted by Gasteiger charge is -2.24. The fourth-order valence-corrected chi connectivity index (χ4v) is 3.27. The molecular formula is C20H22N6O3. The van der Waals surface area contributed by atoms with Crippen molar-refractivity contribution in [2.24, 2.45) is 10.2 Å². The fourth-order valence-electron chi connectivity index (χ4n) is 3.27. The van der Waals surface area contributed by atoms with Crippen LogP contribution in [0.3, 0.4) is 0 Å². The summed E-state index contributed by atoms with van der Waals surface area (Å²) in [6.07, 6.45) is -1.92. The van der Waals surface area contributed by atoms with Crippen LogP contribution in [-0.4, -0.2) is 37.5 Å². The molecule has 0 bridgehead atoms. The van der Waals surface area contributed by atoms with Crippen molar-refractivity contribution >= 4 is 0 Å². The van der Waals surface area contributed by atoms with Crippen LogP contribution in [0.25, 0.3) is 20.9 Å². The second-order valence-electron chi connectivity index (χ2n) is 6.56. The summed E-state index contributed by atoms with van der Waals surface area (Å²) in [6, 6.07) is 19.5. The van der Waals surface area contributed by atoms with Gasteiger partial charge < -0.3 is 14.2 Å². The molecule has 0 aromatic heterocycles. The fraction of sp³-hybridized carbons (Fsp3) is 0.400. The van der Waals surface area contributed by atoms with Crippen molar-refractivity contribution in [2.75, 3.05) is 13.1 Å². The summed E-state index contributed by atoms with van der Waals surface area (Å²) in [5.74, 6) is 0. The molecule has 9 nitrogen and oxygen atoms in total. The van der Waals surface area contributed by atoms with Gasteiger partial charge in [0.1, 0.15) is 12.2 Å². The molecule has 1 saturated heterocycles. The van der Waals surface area contributed by atoms with Gasteiger partial charge in [-0.25, -0.2) is 0 Å². The van der Waals surface area contributed by atoms with Crippen molar-refractivity contribution < 1.29 is 14.2 Å². The van der Waals surface area contributed by atoms with E-state index in [-0.39, 0.29) is 13.1 Å². The molecular weight excluding hydrogens is 372 g/mol. The highest BCUT2D eigenvalue weighted by atomic mass is 16.6. The van der Waals surface area contributed by atoms with Gasteiger partial charge >= 0.3 is 0 Å². The highest BCUT2D eigenvalue weighted by molar-refractivity contribution is 5.14. The minimum Gasteiger partial charge on any atom is -0.369 e. The summed E-state index contributed by atoms with van der Waals surface area (Å²) in [4.78, 5) is 5.65. The first-order valence-corrected chi connectivity index (χ1v) is 9.30. The summed E-state index contributed by atoms with van der Waals surface area (Å²) in [5, 5.41) is 7.29. The van der Waals surface area contributed by atoms with Crippen molar-refractivity contribution in [3.63, 3.8) is 0 Å². The van der Waals surface area contributed by atoms with Gasteiger partial charge in [0.15, 0.2) is 0 Å². The zero-order valence-electron chi connectivity index (χ0n) is 15.8. The number of hydrogen-bond donors (Lipinski definition) is 0. The molecule has 0 N–H and O–H groups in total. The van der Waals surface area contributed by atoms with Gasteiger partial charge in [-0.2, -0.15) is 0 Å². The second kappa shape index (κ2) is 11.1. The van der Waals surface area contributed by atoms with Gasteiger partial charge in [-0.15, -0.1) is 0 Å². The van der Waals surface area contributed by atoms with Crippen molar-refractivity contribution in [3.05, 3.63) is 92.7 Å². The first kappa shape index (κ1) is 20.7. The Labute approximate surface area is 168 Å². The lowest BCUT2D eigenvalue weighted by atomic mass is 10.1. The zero-order valence-corrected chi connectivity index (χ0v) is 15.8. The zero-order chi connectivity index (χ0) is 20.3. The summed E-state index contributed by atoms with van der Waals surface area (Å²) in [7, 11) is 0. The van der Waals surface area contributed by atoms with Gasteiger partial charge in [-0.05, 0) is 22.2 Å². The Balaban J connectivity index is 1.76. The quantitative estimate of drug-likeness (QED) is 0.333. The average molecular weight is 394 g/mol. The third-order valence-corrected chi connectivity index (χ3v) is 4.63. The maximum absolute atomic E-state index is 8.71. The normalized spacial score (nSPS) is 23.2. The molecule has 1 fully saturated rings. The van der Waals surface area contributed by atoms with Crippen LogP contribution in [0.1, 0.15) is 11.1 Å². The Morgan fingerprint density at radius 3 is 1.52 bits per heavy atom. The van der Waals surface area contributed by atoms with Crippen LogP contribution in [-0.2, 0) is 27.4 Å². The van der Waals surface area contributed by atoms with E-state index in [9.17, 15) is 0 Å². The van der Waals surface area contributed by atoms with Crippen molar-refractivity contribution in [3.8, 4) is 0 Å². The third-order valence-electron chi connectivity index (χ3n) is 4.63. The molecule has 0 spiro atoms. The van der Waals surface area contributed by atoms with E-state index < -0.39 is 24.4 Å². The topological polar surface area (TPSA) is 125 Å². The van der Waals surface area contributed by atoms with Crippen LogP contribution < -0.4 is 0 Å². The van der Waals surface area contributed by atoms with E-state index in [0.29, 0.717) is 13.2 Å². The standard InChI is InChI=1S/C20H22N6O3/c21-25-23-11-17-19(27-13-15-7-3-1-4-8-15)20(18(29-17)12-24-26-22)28-14-16-9-5-2-6-10-16/h1-10,17-20H,11-14H2/t17-,18-,19+,20+/m0/s1. The monoisotopic (exact) mass is 394 g/mol. The van der Waals surface area contributed by atoms with E-state index in [1.54, 1.807) is 0 Å². The number of benzene rings is 2. The van der Waals surface area contributed by atoms with Gasteiger partial charge in [0, 0.05) is 9.82 Å².